The molecule has 1 aliphatic rings. The largest absolute Gasteiger partial charge is 0.484 e. The summed E-state index contributed by atoms with van der Waals surface area (Å²) in [5.74, 6) is -0.584. The van der Waals surface area contributed by atoms with Gasteiger partial charge in [0, 0.05) is 37.3 Å². The number of amides is 1. The summed E-state index contributed by atoms with van der Waals surface area (Å²) in [5, 5.41) is 0.248. The lowest BCUT2D eigenvalue weighted by molar-refractivity contribution is -0.134. The molecule has 0 unspecified atom stereocenters. The standard InChI is InChI=1S/C18H17Cl2FN2O4S/c19-13-2-1-3-15(10-13)28(25,26)23-8-6-22(7-9-23)18(24)12-27-14-4-5-17(21)16(20)11-14/h1-5,10-11H,6-9,12H2. The lowest BCUT2D eigenvalue weighted by atomic mass is 10.3. The van der Waals surface area contributed by atoms with Gasteiger partial charge in [0.1, 0.15) is 11.6 Å². The molecule has 0 aliphatic carbocycles. The molecule has 150 valence electrons. The Labute approximate surface area is 172 Å². The third-order valence-corrected chi connectivity index (χ3v) is 6.70. The van der Waals surface area contributed by atoms with E-state index in [2.05, 4.69) is 0 Å². The van der Waals surface area contributed by atoms with Crippen molar-refractivity contribution in [1.82, 2.24) is 9.21 Å². The molecule has 1 amide bonds. The molecule has 6 nitrogen and oxygen atoms in total. The predicted molar refractivity (Wildman–Crippen MR) is 104 cm³/mol. The van der Waals surface area contributed by atoms with Crippen LogP contribution < -0.4 is 4.74 Å². The van der Waals surface area contributed by atoms with Gasteiger partial charge in [0.2, 0.25) is 10.0 Å². The highest BCUT2D eigenvalue weighted by molar-refractivity contribution is 7.89. The highest BCUT2D eigenvalue weighted by atomic mass is 35.5. The Morgan fingerprint density at radius 2 is 1.79 bits per heavy atom. The summed E-state index contributed by atoms with van der Waals surface area (Å²) in [6, 6.07) is 9.89. The van der Waals surface area contributed by atoms with E-state index in [9.17, 15) is 17.6 Å². The van der Waals surface area contributed by atoms with Crippen LogP contribution in [-0.2, 0) is 14.8 Å². The first-order valence-corrected chi connectivity index (χ1v) is 10.6. The molecule has 0 spiro atoms. The molecule has 2 aromatic carbocycles. The van der Waals surface area contributed by atoms with Crippen LogP contribution in [0.1, 0.15) is 0 Å². The van der Waals surface area contributed by atoms with Crippen molar-refractivity contribution in [2.45, 2.75) is 4.90 Å². The minimum Gasteiger partial charge on any atom is -0.484 e. The van der Waals surface area contributed by atoms with Gasteiger partial charge in [-0.3, -0.25) is 4.79 Å². The molecule has 0 N–H and O–H groups in total. The highest BCUT2D eigenvalue weighted by Crippen LogP contribution is 2.22. The fourth-order valence-corrected chi connectivity index (χ4v) is 4.65. The average Bonchev–Trinajstić information content (AvgIpc) is 2.68. The normalized spacial score (nSPS) is 15.5. The molecule has 0 bridgehead atoms. The molecule has 1 fully saturated rings. The van der Waals surface area contributed by atoms with Gasteiger partial charge in [-0.05, 0) is 30.3 Å². The first kappa shape index (κ1) is 20.9. The first-order chi connectivity index (χ1) is 13.3. The van der Waals surface area contributed by atoms with E-state index in [4.69, 9.17) is 27.9 Å². The van der Waals surface area contributed by atoms with Crippen LogP contribution in [0.25, 0.3) is 0 Å². The SMILES string of the molecule is O=C(COc1ccc(F)c(Cl)c1)N1CCN(S(=O)(=O)c2cccc(Cl)c2)CC1. The van der Waals surface area contributed by atoms with Crippen LogP contribution in [0.3, 0.4) is 0 Å². The Hall–Kier alpha value is -1.87. The predicted octanol–water partition coefficient (Wildman–Crippen LogP) is 3.04. The minimum atomic E-state index is -3.67. The Bertz CT molecular complexity index is 979. The van der Waals surface area contributed by atoms with Crippen LogP contribution in [0.5, 0.6) is 5.75 Å². The second kappa shape index (κ2) is 8.65. The van der Waals surface area contributed by atoms with Crippen molar-refractivity contribution in [1.29, 1.82) is 0 Å². The van der Waals surface area contributed by atoms with Crippen LogP contribution in [0.2, 0.25) is 10.0 Å². The van der Waals surface area contributed by atoms with E-state index in [1.54, 1.807) is 12.1 Å². The number of hydrogen-bond donors (Lipinski definition) is 0. The van der Waals surface area contributed by atoms with E-state index in [-0.39, 0.29) is 54.4 Å². The molecule has 0 saturated carbocycles. The number of benzene rings is 2. The van der Waals surface area contributed by atoms with Gasteiger partial charge >= 0.3 is 0 Å². The van der Waals surface area contributed by atoms with Crippen LogP contribution in [0.4, 0.5) is 4.39 Å². The average molecular weight is 447 g/mol. The van der Waals surface area contributed by atoms with Crippen LogP contribution >= 0.6 is 23.2 Å². The Morgan fingerprint density at radius 3 is 2.43 bits per heavy atom. The Balaban J connectivity index is 1.55. The van der Waals surface area contributed by atoms with Gasteiger partial charge in [0.15, 0.2) is 6.61 Å². The van der Waals surface area contributed by atoms with E-state index >= 15 is 0 Å². The van der Waals surface area contributed by atoms with E-state index < -0.39 is 15.8 Å². The molecule has 0 atom stereocenters. The van der Waals surface area contributed by atoms with Crippen molar-refractivity contribution in [2.75, 3.05) is 32.8 Å². The van der Waals surface area contributed by atoms with E-state index in [1.807, 2.05) is 0 Å². The Morgan fingerprint density at radius 1 is 1.07 bits per heavy atom. The van der Waals surface area contributed by atoms with E-state index in [0.717, 1.165) is 6.07 Å². The summed E-state index contributed by atoms with van der Waals surface area (Å²) in [6.07, 6.45) is 0. The summed E-state index contributed by atoms with van der Waals surface area (Å²) in [6.45, 7) is 0.577. The molecule has 0 radical (unpaired) electrons. The smallest absolute Gasteiger partial charge is 0.260 e. The second-order valence-corrected chi connectivity index (χ2v) is 8.89. The minimum absolute atomic E-state index is 0.0928. The lowest BCUT2D eigenvalue weighted by Gasteiger charge is -2.34. The van der Waals surface area contributed by atoms with Gasteiger partial charge in [-0.25, -0.2) is 12.8 Å². The molecule has 1 aliphatic heterocycles. The van der Waals surface area contributed by atoms with E-state index in [0.29, 0.717) is 5.02 Å². The van der Waals surface area contributed by atoms with Gasteiger partial charge in [-0.2, -0.15) is 4.31 Å². The zero-order valence-electron chi connectivity index (χ0n) is 14.6. The van der Waals surface area contributed by atoms with Gasteiger partial charge < -0.3 is 9.64 Å². The molecule has 1 saturated heterocycles. The lowest BCUT2D eigenvalue weighted by Crippen LogP contribution is -2.51. The maximum Gasteiger partial charge on any atom is 0.260 e. The highest BCUT2D eigenvalue weighted by Gasteiger charge is 2.30. The molecule has 2 aromatic rings. The van der Waals surface area contributed by atoms with Crippen molar-refractivity contribution < 1.29 is 22.3 Å². The monoisotopic (exact) mass is 446 g/mol. The summed E-state index contributed by atoms with van der Waals surface area (Å²) in [5.41, 5.74) is 0. The number of sulfonamides is 1. The number of hydrogen-bond acceptors (Lipinski definition) is 4. The molecular weight excluding hydrogens is 430 g/mol. The number of carbonyl (C=O) groups is 1. The molecule has 1 heterocycles. The van der Waals surface area contributed by atoms with Crippen molar-refractivity contribution in [3.63, 3.8) is 0 Å². The summed E-state index contributed by atoms with van der Waals surface area (Å²) in [4.78, 5) is 13.9. The third-order valence-electron chi connectivity index (χ3n) is 4.28. The maximum absolute atomic E-state index is 13.1. The molecule has 28 heavy (non-hydrogen) atoms. The topological polar surface area (TPSA) is 66.9 Å². The number of halogens is 3. The number of rotatable bonds is 5. The van der Waals surface area contributed by atoms with E-state index in [1.165, 1.54) is 33.5 Å². The van der Waals surface area contributed by atoms with Crippen LogP contribution in [-0.4, -0.2) is 56.3 Å². The van der Waals surface area contributed by atoms with Crippen molar-refractivity contribution >= 4 is 39.1 Å². The molecule has 10 heteroatoms. The molecule has 3 rings (SSSR count). The second-order valence-electron chi connectivity index (χ2n) is 6.11. The zero-order valence-corrected chi connectivity index (χ0v) is 17.0. The van der Waals surface area contributed by atoms with Gasteiger partial charge in [0.25, 0.3) is 5.91 Å². The first-order valence-electron chi connectivity index (χ1n) is 8.39. The van der Waals surface area contributed by atoms with Gasteiger partial charge in [-0.15, -0.1) is 0 Å². The summed E-state index contributed by atoms with van der Waals surface area (Å²) >= 11 is 11.6. The zero-order chi connectivity index (χ0) is 20.3. The van der Waals surface area contributed by atoms with Gasteiger partial charge in [-0.1, -0.05) is 29.3 Å². The number of nitrogens with zero attached hydrogens (tertiary/aromatic N) is 2. The Kier molecular flexibility index (Phi) is 6.44. The molecule has 0 aromatic heterocycles. The number of ether oxygens (including phenoxy) is 1. The van der Waals surface area contributed by atoms with Crippen LogP contribution in [0, 0.1) is 5.82 Å². The van der Waals surface area contributed by atoms with Gasteiger partial charge in [0.05, 0.1) is 9.92 Å². The summed E-state index contributed by atoms with van der Waals surface area (Å²) < 4.78 is 45.2. The van der Waals surface area contributed by atoms with Crippen molar-refractivity contribution in [2.24, 2.45) is 0 Å². The van der Waals surface area contributed by atoms with Crippen LogP contribution in [0.15, 0.2) is 47.4 Å². The summed E-state index contributed by atoms with van der Waals surface area (Å²) in [7, 11) is -3.67. The quantitative estimate of drug-likeness (QED) is 0.707. The third kappa shape index (κ3) is 4.75. The molecular formula is C18H17Cl2FN2O4S. The number of carbonyl (C=O) groups excluding carboxylic acids is 1. The number of piperazine rings is 1. The fraction of sp³-hybridized carbons (Fsp3) is 0.278. The fourth-order valence-electron chi connectivity index (χ4n) is 2.76. The maximum atomic E-state index is 13.1. The van der Waals surface area contributed by atoms with Crippen molar-refractivity contribution in [3.05, 3.63) is 58.3 Å². The van der Waals surface area contributed by atoms with Crippen molar-refractivity contribution in [3.8, 4) is 5.75 Å².